The van der Waals surface area contributed by atoms with Crippen molar-refractivity contribution in [3.05, 3.63) is 28.2 Å². The van der Waals surface area contributed by atoms with Crippen LogP contribution < -0.4 is 0 Å². The fourth-order valence-corrected chi connectivity index (χ4v) is 2.65. The zero-order chi connectivity index (χ0) is 12.3. The van der Waals surface area contributed by atoms with Crippen LogP contribution in [0.2, 0.25) is 0 Å². The molecule has 92 valence electrons. The summed E-state index contributed by atoms with van der Waals surface area (Å²) >= 11 is 7.70. The molecule has 0 atom stereocenters. The zero-order valence-electron chi connectivity index (χ0n) is 9.36. The van der Waals surface area contributed by atoms with Gasteiger partial charge in [0.2, 0.25) is 0 Å². The number of halogens is 1. The Morgan fingerprint density at radius 2 is 2.18 bits per heavy atom. The van der Waals surface area contributed by atoms with Crippen LogP contribution in [0.15, 0.2) is 27.6 Å². The summed E-state index contributed by atoms with van der Waals surface area (Å²) in [5.74, 6) is 0.0352. The third-order valence-corrected chi connectivity index (χ3v) is 3.56. The van der Waals surface area contributed by atoms with Gasteiger partial charge in [0.05, 0.1) is 12.2 Å². The summed E-state index contributed by atoms with van der Waals surface area (Å²) in [5.41, 5.74) is 0.651. The maximum atomic E-state index is 12.3. The average Bonchev–Trinajstić information content (AvgIpc) is 2.56. The highest BCUT2D eigenvalue weighted by atomic mass is 79.9. The Morgan fingerprint density at radius 1 is 1.35 bits per heavy atom. The summed E-state index contributed by atoms with van der Waals surface area (Å²) in [7, 11) is 0. The Hall–Kier alpha value is -0.520. The SMILES string of the molecule is O=C(c1ccc(Br)cc1S)N1CCCOCC1. The number of carbonyl (C=O) groups is 1. The van der Waals surface area contributed by atoms with Crippen molar-refractivity contribution in [2.24, 2.45) is 0 Å². The molecule has 0 aromatic heterocycles. The number of amides is 1. The lowest BCUT2D eigenvalue weighted by atomic mass is 10.2. The van der Waals surface area contributed by atoms with Gasteiger partial charge in [0.25, 0.3) is 5.91 Å². The molecule has 5 heteroatoms. The largest absolute Gasteiger partial charge is 0.380 e. The quantitative estimate of drug-likeness (QED) is 0.807. The number of ether oxygens (including phenoxy) is 1. The fourth-order valence-electron chi connectivity index (χ4n) is 1.81. The van der Waals surface area contributed by atoms with Gasteiger partial charge < -0.3 is 9.64 Å². The topological polar surface area (TPSA) is 29.5 Å². The van der Waals surface area contributed by atoms with Crippen LogP contribution >= 0.6 is 28.6 Å². The molecule has 1 heterocycles. The summed E-state index contributed by atoms with van der Waals surface area (Å²) in [4.78, 5) is 14.8. The van der Waals surface area contributed by atoms with Gasteiger partial charge in [-0.15, -0.1) is 12.6 Å². The maximum absolute atomic E-state index is 12.3. The third-order valence-electron chi connectivity index (χ3n) is 2.70. The summed E-state index contributed by atoms with van der Waals surface area (Å²) < 4.78 is 6.27. The lowest BCUT2D eigenvalue weighted by Crippen LogP contribution is -2.33. The molecular weight excluding hydrogens is 302 g/mol. The van der Waals surface area contributed by atoms with Crippen molar-refractivity contribution < 1.29 is 9.53 Å². The second kappa shape index (κ2) is 5.89. The van der Waals surface area contributed by atoms with Crippen LogP contribution in [0, 0.1) is 0 Å². The Labute approximate surface area is 115 Å². The molecule has 17 heavy (non-hydrogen) atoms. The van der Waals surface area contributed by atoms with E-state index in [9.17, 15) is 4.79 Å². The van der Waals surface area contributed by atoms with E-state index in [0.717, 1.165) is 24.0 Å². The van der Waals surface area contributed by atoms with E-state index >= 15 is 0 Å². The lowest BCUT2D eigenvalue weighted by molar-refractivity contribution is 0.0738. The number of carbonyl (C=O) groups excluding carboxylic acids is 1. The van der Waals surface area contributed by atoms with Gasteiger partial charge in [0, 0.05) is 29.1 Å². The van der Waals surface area contributed by atoms with E-state index in [1.807, 2.05) is 17.0 Å². The zero-order valence-corrected chi connectivity index (χ0v) is 11.8. The second-order valence-electron chi connectivity index (χ2n) is 3.92. The number of nitrogens with zero attached hydrogens (tertiary/aromatic N) is 1. The monoisotopic (exact) mass is 315 g/mol. The minimum atomic E-state index is 0.0352. The number of hydrogen-bond acceptors (Lipinski definition) is 3. The third kappa shape index (κ3) is 3.24. The molecule has 1 aliphatic rings. The molecule has 0 bridgehead atoms. The van der Waals surface area contributed by atoms with E-state index in [4.69, 9.17) is 4.74 Å². The van der Waals surface area contributed by atoms with Gasteiger partial charge in [-0.2, -0.15) is 0 Å². The van der Waals surface area contributed by atoms with Crippen molar-refractivity contribution in [3.8, 4) is 0 Å². The molecule has 0 aliphatic carbocycles. The average molecular weight is 316 g/mol. The van der Waals surface area contributed by atoms with E-state index in [-0.39, 0.29) is 5.91 Å². The van der Waals surface area contributed by atoms with E-state index in [1.54, 1.807) is 6.07 Å². The molecule has 1 saturated heterocycles. The number of hydrogen-bond donors (Lipinski definition) is 1. The minimum Gasteiger partial charge on any atom is -0.380 e. The second-order valence-corrected chi connectivity index (χ2v) is 5.32. The summed E-state index contributed by atoms with van der Waals surface area (Å²) in [6.07, 6.45) is 0.893. The first-order chi connectivity index (χ1) is 8.18. The molecular formula is C12H14BrNO2S. The highest BCUT2D eigenvalue weighted by molar-refractivity contribution is 9.10. The number of thiol groups is 1. The standard InChI is InChI=1S/C12H14BrNO2S/c13-9-2-3-10(11(17)8-9)12(15)14-4-1-6-16-7-5-14/h2-3,8,17H,1,4-7H2. The Balaban J connectivity index is 2.17. The predicted molar refractivity (Wildman–Crippen MR) is 72.7 cm³/mol. The van der Waals surface area contributed by atoms with E-state index in [1.165, 1.54) is 0 Å². The molecule has 1 aliphatic heterocycles. The van der Waals surface area contributed by atoms with Gasteiger partial charge in [-0.05, 0) is 24.6 Å². The van der Waals surface area contributed by atoms with E-state index in [0.29, 0.717) is 23.6 Å². The molecule has 1 fully saturated rings. The van der Waals surface area contributed by atoms with Crippen LogP contribution in [0.25, 0.3) is 0 Å². The molecule has 3 nitrogen and oxygen atoms in total. The van der Waals surface area contributed by atoms with Crippen molar-refractivity contribution in [3.63, 3.8) is 0 Å². The van der Waals surface area contributed by atoms with Gasteiger partial charge in [0.1, 0.15) is 0 Å². The van der Waals surface area contributed by atoms with E-state index < -0.39 is 0 Å². The molecule has 1 amide bonds. The molecule has 0 saturated carbocycles. The first-order valence-corrected chi connectivity index (χ1v) is 6.78. The maximum Gasteiger partial charge on any atom is 0.255 e. The van der Waals surface area contributed by atoms with Crippen molar-refractivity contribution >= 4 is 34.5 Å². The van der Waals surface area contributed by atoms with Crippen molar-refractivity contribution in [1.29, 1.82) is 0 Å². The first kappa shape index (κ1) is 12.9. The van der Waals surface area contributed by atoms with Gasteiger partial charge in [-0.25, -0.2) is 0 Å². The van der Waals surface area contributed by atoms with Crippen LogP contribution in [0.4, 0.5) is 0 Å². The van der Waals surface area contributed by atoms with Gasteiger partial charge >= 0.3 is 0 Å². The predicted octanol–water partition coefficient (Wildman–Crippen LogP) is 2.60. The molecule has 0 radical (unpaired) electrons. The van der Waals surface area contributed by atoms with Crippen LogP contribution in [-0.2, 0) is 4.74 Å². The lowest BCUT2D eigenvalue weighted by Gasteiger charge is -2.20. The van der Waals surface area contributed by atoms with E-state index in [2.05, 4.69) is 28.6 Å². The van der Waals surface area contributed by atoms with Crippen LogP contribution in [0.5, 0.6) is 0 Å². The number of rotatable bonds is 1. The molecule has 0 unspecified atom stereocenters. The Bertz CT molecular complexity index is 417. The highest BCUT2D eigenvalue weighted by Gasteiger charge is 2.19. The van der Waals surface area contributed by atoms with Crippen molar-refractivity contribution in [2.45, 2.75) is 11.3 Å². The van der Waals surface area contributed by atoms with Gasteiger partial charge in [0.15, 0.2) is 0 Å². The number of benzene rings is 1. The summed E-state index contributed by atoms with van der Waals surface area (Å²) in [5, 5.41) is 0. The van der Waals surface area contributed by atoms with Crippen LogP contribution in [0.3, 0.4) is 0 Å². The van der Waals surface area contributed by atoms with Crippen LogP contribution in [0.1, 0.15) is 16.8 Å². The van der Waals surface area contributed by atoms with Crippen molar-refractivity contribution in [1.82, 2.24) is 4.90 Å². The first-order valence-electron chi connectivity index (χ1n) is 5.54. The normalized spacial score (nSPS) is 16.7. The summed E-state index contributed by atoms with van der Waals surface area (Å²) in [6.45, 7) is 2.76. The molecule has 1 aromatic carbocycles. The molecule has 0 spiro atoms. The fraction of sp³-hybridized carbons (Fsp3) is 0.417. The van der Waals surface area contributed by atoms with Crippen molar-refractivity contribution in [2.75, 3.05) is 26.3 Å². The molecule has 1 aromatic rings. The molecule has 2 rings (SSSR count). The smallest absolute Gasteiger partial charge is 0.255 e. The van der Waals surface area contributed by atoms with Gasteiger partial charge in [-0.3, -0.25) is 4.79 Å². The molecule has 0 N–H and O–H groups in total. The van der Waals surface area contributed by atoms with Crippen LogP contribution in [-0.4, -0.2) is 37.1 Å². The van der Waals surface area contributed by atoms with Gasteiger partial charge in [-0.1, -0.05) is 15.9 Å². The Morgan fingerprint density at radius 3 is 2.94 bits per heavy atom. The minimum absolute atomic E-state index is 0.0352. The highest BCUT2D eigenvalue weighted by Crippen LogP contribution is 2.21. The Kier molecular flexibility index (Phi) is 4.48. The summed E-state index contributed by atoms with van der Waals surface area (Å²) in [6, 6.07) is 5.51.